The van der Waals surface area contributed by atoms with Gasteiger partial charge in [0.25, 0.3) is 0 Å². The lowest BCUT2D eigenvalue weighted by Crippen LogP contribution is -2.44. The molecular weight excluding hydrogens is 234 g/mol. The fraction of sp³-hybridized carbons (Fsp3) is 0.500. The lowest BCUT2D eigenvalue weighted by Gasteiger charge is -2.30. The highest BCUT2D eigenvalue weighted by atomic mass is 28.4. The summed E-state index contributed by atoms with van der Waals surface area (Å²) in [5.41, 5.74) is 5.52. The summed E-state index contributed by atoms with van der Waals surface area (Å²) in [6.45, 7) is 17.0. The van der Waals surface area contributed by atoms with Crippen molar-refractivity contribution in [2.45, 2.75) is 33.2 Å². The molecule has 0 aromatic heterocycles. The summed E-state index contributed by atoms with van der Waals surface area (Å²) in [6.07, 6.45) is 0.750. The zero-order chi connectivity index (χ0) is 13.5. The lowest BCUT2D eigenvalue weighted by molar-refractivity contribution is 0.144. The molecule has 0 aliphatic rings. The Hall–Kier alpha value is -1.20. The Labute approximate surface area is 105 Å². The summed E-state index contributed by atoms with van der Waals surface area (Å²) >= 11 is 0. The van der Waals surface area contributed by atoms with Crippen LogP contribution >= 0.6 is 0 Å². The first-order chi connectivity index (χ1) is 7.81. The molecule has 0 saturated heterocycles. The first-order valence-corrected chi connectivity index (χ1v) is 7.48. The lowest BCUT2D eigenvalue weighted by atomic mass is 10.5. The Morgan fingerprint density at radius 3 is 1.53 bits per heavy atom. The third kappa shape index (κ3) is 6.86. The van der Waals surface area contributed by atoms with Crippen LogP contribution in [0.25, 0.3) is 0 Å². The zero-order valence-electron chi connectivity index (χ0n) is 11.0. The molecular formula is C12H23NO3Si. The van der Waals surface area contributed by atoms with Gasteiger partial charge in [0, 0.05) is 0 Å². The first-order valence-electron chi connectivity index (χ1n) is 5.55. The largest absolute Gasteiger partial charge is 0.698 e. The highest BCUT2D eigenvalue weighted by Gasteiger charge is 2.47. The summed E-state index contributed by atoms with van der Waals surface area (Å²) in [5.74, 6) is 1.66. The van der Waals surface area contributed by atoms with Crippen molar-refractivity contribution in [3.8, 4) is 0 Å². The van der Waals surface area contributed by atoms with Crippen molar-refractivity contribution >= 4 is 8.80 Å². The van der Waals surface area contributed by atoms with Gasteiger partial charge >= 0.3 is 8.80 Å². The number of hydrogen-bond acceptors (Lipinski definition) is 4. The van der Waals surface area contributed by atoms with Gasteiger partial charge in [0.1, 0.15) is 0 Å². The molecule has 0 aliphatic carbocycles. The van der Waals surface area contributed by atoms with Crippen LogP contribution < -0.4 is 5.73 Å². The molecule has 0 aromatic rings. The van der Waals surface area contributed by atoms with Crippen molar-refractivity contribution in [2.24, 2.45) is 5.73 Å². The monoisotopic (exact) mass is 257 g/mol. The maximum atomic E-state index is 5.68. The quantitative estimate of drug-likeness (QED) is 0.510. The number of hydrogen-bond donors (Lipinski definition) is 1. The van der Waals surface area contributed by atoms with Crippen molar-refractivity contribution in [3.05, 3.63) is 37.0 Å². The topological polar surface area (TPSA) is 53.7 Å². The van der Waals surface area contributed by atoms with E-state index in [1.54, 1.807) is 20.8 Å². The molecule has 0 amide bonds. The van der Waals surface area contributed by atoms with Crippen LogP contribution in [0.1, 0.15) is 27.2 Å². The van der Waals surface area contributed by atoms with Crippen molar-refractivity contribution < 1.29 is 13.3 Å². The molecule has 4 nitrogen and oxygen atoms in total. The maximum Gasteiger partial charge on any atom is 0.698 e. The van der Waals surface area contributed by atoms with Crippen LogP contribution in [0.5, 0.6) is 0 Å². The second kappa shape index (κ2) is 7.19. The minimum Gasteiger partial charge on any atom is -0.488 e. The molecule has 0 rings (SSSR count). The van der Waals surface area contributed by atoms with Crippen LogP contribution in [-0.2, 0) is 13.3 Å². The van der Waals surface area contributed by atoms with Crippen LogP contribution in [0.15, 0.2) is 37.0 Å². The molecule has 0 bridgehead atoms. The minimum absolute atomic E-state index is 0.549. The van der Waals surface area contributed by atoms with Gasteiger partial charge in [-0.3, -0.25) is 0 Å². The third-order valence-corrected chi connectivity index (χ3v) is 4.62. The van der Waals surface area contributed by atoms with Gasteiger partial charge in [-0.1, -0.05) is 19.7 Å². The Morgan fingerprint density at radius 1 is 0.941 bits per heavy atom. The number of rotatable bonds is 9. The van der Waals surface area contributed by atoms with Gasteiger partial charge in [-0.25, -0.2) is 0 Å². The summed E-state index contributed by atoms with van der Waals surface area (Å²) in [7, 11) is -2.88. The van der Waals surface area contributed by atoms with E-state index in [-0.39, 0.29) is 0 Å². The van der Waals surface area contributed by atoms with Crippen molar-refractivity contribution in [2.75, 3.05) is 6.54 Å². The normalized spacial score (nSPS) is 10.6. The molecule has 0 saturated carbocycles. The number of allylic oxidation sites excluding steroid dienone is 3. The summed E-state index contributed by atoms with van der Waals surface area (Å²) in [5, 5.41) is 0. The predicted molar refractivity (Wildman–Crippen MR) is 71.9 cm³/mol. The second-order valence-electron chi connectivity index (χ2n) is 3.99. The smallest absolute Gasteiger partial charge is 0.488 e. The van der Waals surface area contributed by atoms with E-state index >= 15 is 0 Å². The summed E-state index contributed by atoms with van der Waals surface area (Å²) in [4.78, 5) is 0. The van der Waals surface area contributed by atoms with Gasteiger partial charge < -0.3 is 19.0 Å². The van der Waals surface area contributed by atoms with Crippen LogP contribution in [0, 0.1) is 0 Å². The number of nitrogens with two attached hydrogens (primary N) is 1. The average Bonchev–Trinajstić information content (AvgIpc) is 2.11. The highest BCUT2D eigenvalue weighted by Crippen LogP contribution is 2.25. The summed E-state index contributed by atoms with van der Waals surface area (Å²) < 4.78 is 17.1. The van der Waals surface area contributed by atoms with Crippen LogP contribution in [0.2, 0.25) is 6.04 Å². The van der Waals surface area contributed by atoms with E-state index in [1.807, 2.05) is 0 Å². The van der Waals surface area contributed by atoms with E-state index in [1.165, 1.54) is 0 Å². The van der Waals surface area contributed by atoms with Crippen molar-refractivity contribution in [1.82, 2.24) is 0 Å². The molecule has 0 heterocycles. The minimum atomic E-state index is -2.88. The SMILES string of the molecule is C=C(C)O[Si](CCCN)(OC(=C)C)OC(=C)C. The van der Waals surface area contributed by atoms with Gasteiger partial charge in [0.2, 0.25) is 0 Å². The van der Waals surface area contributed by atoms with Gasteiger partial charge in [-0.2, -0.15) is 0 Å². The predicted octanol–water partition coefficient (Wildman–Crippen LogP) is 2.92. The van der Waals surface area contributed by atoms with E-state index in [4.69, 9.17) is 19.0 Å². The molecule has 0 radical (unpaired) electrons. The molecule has 17 heavy (non-hydrogen) atoms. The Kier molecular flexibility index (Phi) is 6.68. The molecule has 98 valence electrons. The standard InChI is InChI=1S/C12H23NO3Si/c1-10(2)14-17(9-7-8-13,15-11(3)4)16-12(5)6/h1,3,5,7-9,13H2,2,4,6H3. The molecule has 5 heteroatoms. The molecule has 0 spiro atoms. The van der Waals surface area contributed by atoms with E-state index in [2.05, 4.69) is 19.7 Å². The first kappa shape index (κ1) is 15.8. The molecule has 0 aromatic carbocycles. The van der Waals surface area contributed by atoms with Gasteiger partial charge in [0.15, 0.2) is 0 Å². The van der Waals surface area contributed by atoms with Crippen LogP contribution in [0.3, 0.4) is 0 Å². The molecule has 0 aliphatic heterocycles. The molecule has 0 unspecified atom stereocenters. The Bertz CT molecular complexity index is 261. The zero-order valence-corrected chi connectivity index (χ0v) is 12.0. The van der Waals surface area contributed by atoms with Crippen molar-refractivity contribution in [3.63, 3.8) is 0 Å². The highest BCUT2D eigenvalue weighted by molar-refractivity contribution is 6.61. The molecule has 0 fully saturated rings. The summed E-state index contributed by atoms with van der Waals surface area (Å²) in [6, 6.07) is 0.607. The Balaban J connectivity index is 4.95. The van der Waals surface area contributed by atoms with E-state index < -0.39 is 8.80 Å². The van der Waals surface area contributed by atoms with E-state index in [0.29, 0.717) is 29.9 Å². The van der Waals surface area contributed by atoms with Gasteiger partial charge in [0.05, 0.1) is 23.3 Å². The van der Waals surface area contributed by atoms with Gasteiger partial charge in [-0.15, -0.1) is 0 Å². The average molecular weight is 257 g/mol. The second-order valence-corrected chi connectivity index (χ2v) is 6.47. The Morgan fingerprint density at radius 2 is 1.29 bits per heavy atom. The van der Waals surface area contributed by atoms with Crippen LogP contribution in [-0.4, -0.2) is 15.3 Å². The maximum absolute atomic E-state index is 5.68. The fourth-order valence-electron chi connectivity index (χ4n) is 1.33. The third-order valence-electron chi connectivity index (χ3n) is 1.68. The molecule has 0 atom stereocenters. The fourth-order valence-corrected chi connectivity index (χ4v) is 3.99. The molecule has 2 N–H and O–H groups in total. The van der Waals surface area contributed by atoms with E-state index in [9.17, 15) is 0 Å². The van der Waals surface area contributed by atoms with Crippen molar-refractivity contribution in [1.29, 1.82) is 0 Å². The van der Waals surface area contributed by atoms with E-state index in [0.717, 1.165) is 6.42 Å². The van der Waals surface area contributed by atoms with Gasteiger partial charge in [-0.05, 0) is 33.7 Å². The van der Waals surface area contributed by atoms with Crippen LogP contribution in [0.4, 0.5) is 0 Å².